The Morgan fingerprint density at radius 3 is 2.70 bits per heavy atom. The van der Waals surface area contributed by atoms with Crippen LogP contribution in [0.25, 0.3) is 0 Å². The van der Waals surface area contributed by atoms with Crippen molar-refractivity contribution < 1.29 is 4.39 Å². The molecule has 0 bridgehead atoms. The molecule has 0 saturated heterocycles. The number of anilines is 1. The summed E-state index contributed by atoms with van der Waals surface area (Å²) in [6, 6.07) is 7.63. The van der Waals surface area contributed by atoms with Crippen molar-refractivity contribution in [1.82, 2.24) is 9.78 Å². The van der Waals surface area contributed by atoms with Gasteiger partial charge in [-0.15, -0.1) is 0 Å². The summed E-state index contributed by atoms with van der Waals surface area (Å²) in [6.07, 6.45) is 4.19. The molecule has 104 valence electrons. The van der Waals surface area contributed by atoms with Crippen molar-refractivity contribution in [2.24, 2.45) is 5.92 Å². The highest BCUT2D eigenvalue weighted by atomic mass is 19.1. The van der Waals surface area contributed by atoms with Crippen LogP contribution in [0.1, 0.15) is 18.4 Å². The fourth-order valence-electron chi connectivity index (χ4n) is 2.00. The van der Waals surface area contributed by atoms with E-state index in [1.165, 1.54) is 29.7 Å². The maximum absolute atomic E-state index is 12.8. The van der Waals surface area contributed by atoms with Crippen LogP contribution in [0.15, 0.2) is 41.3 Å². The predicted octanol–water partition coefficient (Wildman–Crippen LogP) is 2.25. The molecule has 1 aromatic carbocycles. The van der Waals surface area contributed by atoms with Crippen LogP contribution in [-0.4, -0.2) is 16.3 Å². The van der Waals surface area contributed by atoms with Crippen molar-refractivity contribution in [2.75, 3.05) is 11.9 Å². The standard InChI is InChI=1S/C15H16FN3O/c16-13-5-3-12(4-6-13)10-19-15(20)7-14(9-18-19)17-8-11-1-2-11/h3-7,9,11,17H,1-2,8,10H2. The van der Waals surface area contributed by atoms with Crippen LogP contribution in [0.3, 0.4) is 0 Å². The molecule has 1 aliphatic carbocycles. The second kappa shape index (κ2) is 5.45. The van der Waals surface area contributed by atoms with Gasteiger partial charge in [0.25, 0.3) is 5.56 Å². The Kier molecular flexibility index (Phi) is 3.50. The van der Waals surface area contributed by atoms with Crippen molar-refractivity contribution in [3.05, 3.63) is 58.3 Å². The molecule has 0 amide bonds. The molecule has 1 saturated carbocycles. The van der Waals surface area contributed by atoms with Gasteiger partial charge < -0.3 is 5.32 Å². The van der Waals surface area contributed by atoms with Gasteiger partial charge in [0.15, 0.2) is 0 Å². The second-order valence-electron chi connectivity index (χ2n) is 5.19. The number of hydrogen-bond donors (Lipinski definition) is 1. The minimum absolute atomic E-state index is 0.157. The van der Waals surface area contributed by atoms with Crippen molar-refractivity contribution in [3.8, 4) is 0 Å². The van der Waals surface area contributed by atoms with Crippen molar-refractivity contribution in [3.63, 3.8) is 0 Å². The first-order valence-corrected chi connectivity index (χ1v) is 6.76. The molecule has 5 heteroatoms. The van der Waals surface area contributed by atoms with E-state index in [1.807, 2.05) is 0 Å². The summed E-state index contributed by atoms with van der Waals surface area (Å²) in [4.78, 5) is 12.0. The lowest BCUT2D eigenvalue weighted by Crippen LogP contribution is -2.23. The largest absolute Gasteiger partial charge is 0.383 e. The first-order valence-electron chi connectivity index (χ1n) is 6.76. The summed E-state index contributed by atoms with van der Waals surface area (Å²) >= 11 is 0. The van der Waals surface area contributed by atoms with E-state index in [0.29, 0.717) is 6.54 Å². The average Bonchev–Trinajstić information content (AvgIpc) is 3.26. The second-order valence-corrected chi connectivity index (χ2v) is 5.19. The van der Waals surface area contributed by atoms with E-state index < -0.39 is 0 Å². The molecular formula is C15H16FN3O. The smallest absolute Gasteiger partial charge is 0.269 e. The van der Waals surface area contributed by atoms with E-state index in [-0.39, 0.29) is 11.4 Å². The summed E-state index contributed by atoms with van der Waals surface area (Å²) in [5.41, 5.74) is 1.45. The molecule has 1 N–H and O–H groups in total. The lowest BCUT2D eigenvalue weighted by atomic mass is 10.2. The molecule has 1 aromatic heterocycles. The highest BCUT2D eigenvalue weighted by Gasteiger charge is 2.20. The number of benzene rings is 1. The van der Waals surface area contributed by atoms with Crippen LogP contribution < -0.4 is 10.9 Å². The maximum atomic E-state index is 12.8. The summed E-state index contributed by atoms with van der Waals surface area (Å²) in [7, 11) is 0. The molecule has 20 heavy (non-hydrogen) atoms. The minimum atomic E-state index is -0.284. The normalized spacial score (nSPS) is 14.2. The fraction of sp³-hybridized carbons (Fsp3) is 0.333. The third-order valence-electron chi connectivity index (χ3n) is 3.41. The van der Waals surface area contributed by atoms with Crippen molar-refractivity contribution in [2.45, 2.75) is 19.4 Å². The van der Waals surface area contributed by atoms with Crippen LogP contribution in [0.4, 0.5) is 10.1 Å². The molecular weight excluding hydrogens is 257 g/mol. The molecule has 0 aliphatic heterocycles. The maximum Gasteiger partial charge on any atom is 0.269 e. The zero-order chi connectivity index (χ0) is 13.9. The number of halogens is 1. The van der Waals surface area contributed by atoms with E-state index in [0.717, 1.165) is 23.7 Å². The molecule has 0 radical (unpaired) electrons. The van der Waals surface area contributed by atoms with Gasteiger partial charge >= 0.3 is 0 Å². The van der Waals surface area contributed by atoms with Gasteiger partial charge in [-0.2, -0.15) is 5.10 Å². The number of hydrogen-bond acceptors (Lipinski definition) is 3. The molecule has 1 heterocycles. The molecule has 0 unspecified atom stereocenters. The minimum Gasteiger partial charge on any atom is -0.383 e. The topological polar surface area (TPSA) is 46.9 Å². The van der Waals surface area contributed by atoms with Gasteiger partial charge in [-0.05, 0) is 36.5 Å². The summed E-state index contributed by atoms with van der Waals surface area (Å²) in [6.45, 7) is 1.26. The molecule has 2 aromatic rings. The number of nitrogens with zero attached hydrogens (tertiary/aromatic N) is 2. The first-order chi connectivity index (χ1) is 9.70. The van der Waals surface area contributed by atoms with E-state index >= 15 is 0 Å². The predicted molar refractivity (Wildman–Crippen MR) is 75.2 cm³/mol. The van der Waals surface area contributed by atoms with Crippen molar-refractivity contribution in [1.29, 1.82) is 0 Å². The number of rotatable bonds is 5. The molecule has 0 atom stereocenters. The van der Waals surface area contributed by atoms with E-state index in [1.54, 1.807) is 24.4 Å². The molecule has 4 nitrogen and oxygen atoms in total. The molecule has 1 fully saturated rings. The van der Waals surface area contributed by atoms with Crippen LogP contribution in [-0.2, 0) is 6.54 Å². The van der Waals surface area contributed by atoms with E-state index in [2.05, 4.69) is 10.4 Å². The zero-order valence-corrected chi connectivity index (χ0v) is 11.1. The van der Waals surface area contributed by atoms with Gasteiger partial charge in [0.2, 0.25) is 0 Å². The monoisotopic (exact) mass is 273 g/mol. The highest BCUT2D eigenvalue weighted by molar-refractivity contribution is 5.39. The molecule has 0 spiro atoms. The Balaban J connectivity index is 1.69. The summed E-state index contributed by atoms with van der Waals surface area (Å²) in [5.74, 6) is 0.463. The lowest BCUT2D eigenvalue weighted by Gasteiger charge is -2.07. The fourth-order valence-corrected chi connectivity index (χ4v) is 2.00. The summed E-state index contributed by atoms with van der Waals surface area (Å²) < 4.78 is 14.2. The van der Waals surface area contributed by atoms with Crippen molar-refractivity contribution >= 4 is 5.69 Å². The zero-order valence-electron chi connectivity index (χ0n) is 11.1. The third kappa shape index (κ3) is 3.23. The van der Waals surface area contributed by atoms with Crippen LogP contribution in [0.5, 0.6) is 0 Å². The summed E-state index contributed by atoms with van der Waals surface area (Å²) in [5, 5.41) is 7.36. The van der Waals surface area contributed by atoms with Crippen LogP contribution in [0.2, 0.25) is 0 Å². The molecule has 3 rings (SSSR count). The molecule has 1 aliphatic rings. The highest BCUT2D eigenvalue weighted by Crippen LogP contribution is 2.28. The quantitative estimate of drug-likeness (QED) is 0.909. The van der Waals surface area contributed by atoms with Crippen LogP contribution >= 0.6 is 0 Å². The van der Waals surface area contributed by atoms with Gasteiger partial charge in [-0.3, -0.25) is 4.79 Å². The Bertz CT molecular complexity index is 647. The van der Waals surface area contributed by atoms with Gasteiger partial charge in [-0.25, -0.2) is 9.07 Å². The van der Waals surface area contributed by atoms with Crippen LogP contribution in [0, 0.1) is 11.7 Å². The Morgan fingerprint density at radius 1 is 1.30 bits per heavy atom. The van der Waals surface area contributed by atoms with Gasteiger partial charge in [0, 0.05) is 12.6 Å². The van der Waals surface area contributed by atoms with Gasteiger partial charge in [0.1, 0.15) is 5.82 Å². The number of aromatic nitrogens is 2. The Labute approximate surface area is 116 Å². The lowest BCUT2D eigenvalue weighted by molar-refractivity contribution is 0.619. The van der Waals surface area contributed by atoms with Gasteiger partial charge in [0.05, 0.1) is 18.4 Å². The third-order valence-corrected chi connectivity index (χ3v) is 3.41. The SMILES string of the molecule is O=c1cc(NCC2CC2)cnn1Cc1ccc(F)cc1. The number of nitrogens with one attached hydrogen (secondary N) is 1. The average molecular weight is 273 g/mol. The van der Waals surface area contributed by atoms with E-state index in [9.17, 15) is 9.18 Å². The van der Waals surface area contributed by atoms with Gasteiger partial charge in [-0.1, -0.05) is 12.1 Å². The first kappa shape index (κ1) is 12.8. The Hall–Kier alpha value is -2.17. The van der Waals surface area contributed by atoms with E-state index in [4.69, 9.17) is 0 Å². The Morgan fingerprint density at radius 2 is 2.05 bits per heavy atom.